The normalized spacial score (nSPS) is 11.1. The predicted molar refractivity (Wildman–Crippen MR) is 107 cm³/mol. The van der Waals surface area contributed by atoms with Gasteiger partial charge in [0.1, 0.15) is 5.75 Å². The van der Waals surface area contributed by atoms with Crippen molar-refractivity contribution in [1.29, 1.82) is 0 Å². The molecule has 4 rings (SSSR count). The summed E-state index contributed by atoms with van der Waals surface area (Å²) in [6, 6.07) is 26.1. The summed E-state index contributed by atoms with van der Waals surface area (Å²) in [6.07, 6.45) is 4.10. The minimum Gasteiger partial charge on any atom is -0.497 e. The zero-order chi connectivity index (χ0) is 17.8. The van der Waals surface area contributed by atoms with Gasteiger partial charge in [-0.1, -0.05) is 66.7 Å². The molecule has 0 fully saturated rings. The molecule has 3 aromatic carbocycles. The summed E-state index contributed by atoms with van der Waals surface area (Å²) in [7, 11) is 1.67. The topological polar surface area (TPSA) is 35.0 Å². The van der Waals surface area contributed by atoms with Crippen LogP contribution < -0.4 is 4.74 Å². The third kappa shape index (κ3) is 3.33. The lowest BCUT2D eigenvalue weighted by molar-refractivity contribution is 0.415. The third-order valence-electron chi connectivity index (χ3n) is 4.21. The highest BCUT2D eigenvalue weighted by Crippen LogP contribution is 2.23. The monoisotopic (exact) mass is 338 g/mol. The number of ether oxygens (including phenoxy) is 1. The van der Waals surface area contributed by atoms with Gasteiger partial charge in [-0.15, -0.1) is 0 Å². The van der Waals surface area contributed by atoms with Crippen LogP contribution in [0.15, 0.2) is 78.9 Å². The Morgan fingerprint density at radius 2 is 1.46 bits per heavy atom. The van der Waals surface area contributed by atoms with Gasteiger partial charge in [-0.2, -0.15) is 0 Å². The van der Waals surface area contributed by atoms with Gasteiger partial charge in [-0.3, -0.25) is 0 Å². The molecular weight excluding hydrogens is 320 g/mol. The van der Waals surface area contributed by atoms with Crippen LogP contribution in [-0.4, -0.2) is 17.1 Å². The van der Waals surface area contributed by atoms with Crippen LogP contribution in [0.5, 0.6) is 5.75 Å². The molecule has 3 nitrogen and oxygen atoms in total. The summed E-state index contributed by atoms with van der Waals surface area (Å²) in [5.41, 5.74) is 3.95. The summed E-state index contributed by atoms with van der Waals surface area (Å²) >= 11 is 0. The van der Waals surface area contributed by atoms with E-state index in [1.165, 1.54) is 0 Å². The van der Waals surface area contributed by atoms with Crippen LogP contribution in [0.3, 0.4) is 0 Å². The zero-order valence-corrected chi connectivity index (χ0v) is 14.5. The summed E-state index contributed by atoms with van der Waals surface area (Å²) < 4.78 is 5.21. The van der Waals surface area contributed by atoms with Crippen molar-refractivity contribution in [1.82, 2.24) is 9.97 Å². The fourth-order valence-corrected chi connectivity index (χ4v) is 2.83. The van der Waals surface area contributed by atoms with Crippen LogP contribution in [0.2, 0.25) is 0 Å². The van der Waals surface area contributed by atoms with Gasteiger partial charge in [0.25, 0.3) is 0 Å². The molecular formula is C23H18N2O. The molecule has 0 saturated carbocycles. The molecule has 0 aliphatic carbocycles. The molecule has 3 heteroatoms. The maximum Gasteiger partial charge on any atom is 0.160 e. The number of rotatable bonds is 4. The summed E-state index contributed by atoms with van der Waals surface area (Å²) in [5.74, 6) is 1.58. The lowest BCUT2D eigenvalue weighted by Gasteiger charge is -2.06. The van der Waals surface area contributed by atoms with Gasteiger partial charge < -0.3 is 4.74 Å². The number of fused-ring (bicyclic) bond motifs is 1. The Kier molecular flexibility index (Phi) is 4.44. The van der Waals surface area contributed by atoms with Crippen molar-refractivity contribution in [3.63, 3.8) is 0 Å². The van der Waals surface area contributed by atoms with Crippen LogP contribution in [0.4, 0.5) is 0 Å². The fraction of sp³-hybridized carbons (Fsp3) is 0.0435. The Hall–Kier alpha value is -3.46. The summed E-state index contributed by atoms with van der Waals surface area (Å²) in [6.45, 7) is 0. The highest BCUT2D eigenvalue weighted by Gasteiger charge is 2.07. The SMILES string of the molecule is COc1ccc(/C=C/c2nc(-c3ccccc3)nc3ccccc23)cc1. The highest BCUT2D eigenvalue weighted by molar-refractivity contribution is 5.90. The van der Waals surface area contributed by atoms with Crippen LogP contribution >= 0.6 is 0 Å². The van der Waals surface area contributed by atoms with Crippen molar-refractivity contribution >= 4 is 23.1 Å². The molecule has 0 unspecified atom stereocenters. The van der Waals surface area contributed by atoms with E-state index in [2.05, 4.69) is 12.1 Å². The summed E-state index contributed by atoms with van der Waals surface area (Å²) in [4.78, 5) is 9.52. The van der Waals surface area contributed by atoms with Crippen molar-refractivity contribution in [3.8, 4) is 17.1 Å². The minimum absolute atomic E-state index is 0.735. The average molecular weight is 338 g/mol. The number of aromatic nitrogens is 2. The van der Waals surface area contributed by atoms with Gasteiger partial charge >= 0.3 is 0 Å². The Morgan fingerprint density at radius 3 is 2.23 bits per heavy atom. The number of hydrogen-bond donors (Lipinski definition) is 0. The molecule has 26 heavy (non-hydrogen) atoms. The van der Waals surface area contributed by atoms with Gasteiger partial charge in [0.2, 0.25) is 0 Å². The maximum absolute atomic E-state index is 5.21. The quantitative estimate of drug-likeness (QED) is 0.494. The Balaban J connectivity index is 1.78. The molecule has 0 spiro atoms. The van der Waals surface area contributed by atoms with Crippen LogP contribution in [0, 0.1) is 0 Å². The van der Waals surface area contributed by atoms with Crippen molar-refractivity contribution in [2.75, 3.05) is 7.11 Å². The first-order chi connectivity index (χ1) is 12.8. The fourth-order valence-electron chi connectivity index (χ4n) is 2.83. The second-order valence-corrected chi connectivity index (χ2v) is 5.92. The predicted octanol–water partition coefficient (Wildman–Crippen LogP) is 5.48. The van der Waals surface area contributed by atoms with Crippen molar-refractivity contribution < 1.29 is 4.74 Å². The number of nitrogens with zero attached hydrogens (tertiary/aromatic N) is 2. The highest BCUT2D eigenvalue weighted by atomic mass is 16.5. The van der Waals surface area contributed by atoms with E-state index in [4.69, 9.17) is 14.7 Å². The van der Waals surface area contributed by atoms with E-state index in [0.29, 0.717) is 0 Å². The first-order valence-electron chi connectivity index (χ1n) is 8.48. The van der Waals surface area contributed by atoms with Gasteiger partial charge in [0.15, 0.2) is 5.82 Å². The zero-order valence-electron chi connectivity index (χ0n) is 14.5. The molecule has 0 aliphatic rings. The van der Waals surface area contributed by atoms with Crippen molar-refractivity contribution in [2.45, 2.75) is 0 Å². The Bertz CT molecular complexity index is 1050. The molecule has 0 bridgehead atoms. The minimum atomic E-state index is 0.735. The van der Waals surface area contributed by atoms with E-state index in [0.717, 1.165) is 39.3 Å². The van der Waals surface area contributed by atoms with E-state index in [-0.39, 0.29) is 0 Å². The maximum atomic E-state index is 5.21. The van der Waals surface area contributed by atoms with E-state index in [9.17, 15) is 0 Å². The summed E-state index contributed by atoms with van der Waals surface area (Å²) in [5, 5.41) is 1.04. The van der Waals surface area contributed by atoms with E-state index >= 15 is 0 Å². The average Bonchev–Trinajstić information content (AvgIpc) is 2.73. The Labute approximate surface area is 152 Å². The van der Waals surface area contributed by atoms with Crippen LogP contribution in [0.1, 0.15) is 11.3 Å². The van der Waals surface area contributed by atoms with Gasteiger partial charge in [0, 0.05) is 10.9 Å². The van der Waals surface area contributed by atoms with E-state index in [1.54, 1.807) is 7.11 Å². The first kappa shape index (κ1) is 16.0. The van der Waals surface area contributed by atoms with Gasteiger partial charge in [0.05, 0.1) is 18.3 Å². The molecule has 0 saturated heterocycles. The lowest BCUT2D eigenvalue weighted by Crippen LogP contribution is -1.94. The molecule has 0 N–H and O–H groups in total. The number of methoxy groups -OCH3 is 1. The molecule has 1 heterocycles. The van der Waals surface area contributed by atoms with Gasteiger partial charge in [-0.25, -0.2) is 9.97 Å². The third-order valence-corrected chi connectivity index (χ3v) is 4.21. The molecule has 0 amide bonds. The van der Waals surface area contributed by atoms with Crippen LogP contribution in [0.25, 0.3) is 34.4 Å². The molecule has 0 atom stereocenters. The lowest BCUT2D eigenvalue weighted by atomic mass is 10.1. The second-order valence-electron chi connectivity index (χ2n) is 5.92. The molecule has 1 aromatic heterocycles. The molecule has 4 aromatic rings. The molecule has 0 radical (unpaired) electrons. The number of hydrogen-bond acceptors (Lipinski definition) is 3. The van der Waals surface area contributed by atoms with Crippen molar-refractivity contribution in [2.24, 2.45) is 0 Å². The second kappa shape index (κ2) is 7.19. The van der Waals surface area contributed by atoms with Gasteiger partial charge in [-0.05, 0) is 29.8 Å². The largest absolute Gasteiger partial charge is 0.497 e. The smallest absolute Gasteiger partial charge is 0.160 e. The van der Waals surface area contributed by atoms with E-state index < -0.39 is 0 Å². The standard InChI is InChI=1S/C23H18N2O/c1-26-19-14-11-17(12-15-19)13-16-22-20-9-5-6-10-21(20)24-23(25-22)18-7-3-2-4-8-18/h2-16H,1H3/b16-13+. The number of para-hydroxylation sites is 1. The van der Waals surface area contributed by atoms with Crippen molar-refractivity contribution in [3.05, 3.63) is 90.1 Å². The van der Waals surface area contributed by atoms with Crippen LogP contribution in [-0.2, 0) is 0 Å². The Morgan fingerprint density at radius 1 is 0.731 bits per heavy atom. The molecule has 126 valence electrons. The first-order valence-corrected chi connectivity index (χ1v) is 8.48. The molecule has 0 aliphatic heterocycles. The number of benzene rings is 3. The van der Waals surface area contributed by atoms with E-state index in [1.807, 2.05) is 78.9 Å².